The molecule has 1 aromatic heterocycles. The van der Waals surface area contributed by atoms with E-state index >= 15 is 0 Å². The maximum absolute atomic E-state index is 4.18. The fourth-order valence-electron chi connectivity index (χ4n) is 0.897. The van der Waals surface area contributed by atoms with Gasteiger partial charge in [0.2, 0.25) is 0 Å². The fraction of sp³-hybridized carbons (Fsp3) is 0.375. The highest BCUT2D eigenvalue weighted by Crippen LogP contribution is 2.00. The molecule has 0 saturated carbocycles. The first-order chi connectivity index (χ1) is 5.38. The van der Waals surface area contributed by atoms with Gasteiger partial charge in [-0.15, -0.1) is 0 Å². The van der Waals surface area contributed by atoms with Crippen LogP contribution in [0.2, 0.25) is 0 Å². The number of alkyl halides is 1. The smallest absolute Gasteiger partial charge is 0.132 e. The van der Waals surface area contributed by atoms with Gasteiger partial charge in [-0.05, 0) is 13.0 Å². The van der Waals surface area contributed by atoms with E-state index in [1.807, 2.05) is 24.5 Å². The molecule has 0 atom stereocenters. The fourth-order valence-corrected chi connectivity index (χ4v) is 1.08. The van der Waals surface area contributed by atoms with E-state index in [0.29, 0.717) is 0 Å². The van der Waals surface area contributed by atoms with Crippen LogP contribution < -0.4 is 0 Å². The number of hydrogen-bond acceptors (Lipinski definition) is 1. The maximum Gasteiger partial charge on any atom is 0.132 e. The van der Waals surface area contributed by atoms with Crippen LogP contribution in [-0.4, -0.2) is 14.9 Å². The van der Waals surface area contributed by atoms with Gasteiger partial charge in [0, 0.05) is 24.3 Å². The van der Waals surface area contributed by atoms with Gasteiger partial charge in [0.05, 0.1) is 0 Å². The highest BCUT2D eigenvalue weighted by molar-refractivity contribution is 9.09. The van der Waals surface area contributed by atoms with Gasteiger partial charge in [0.1, 0.15) is 5.82 Å². The minimum atomic E-state index is 0.879. The van der Waals surface area contributed by atoms with Gasteiger partial charge in [-0.1, -0.05) is 22.0 Å². The Morgan fingerprint density at radius 2 is 2.55 bits per heavy atom. The molecule has 1 aromatic rings. The topological polar surface area (TPSA) is 17.8 Å². The predicted molar refractivity (Wildman–Crippen MR) is 50.7 cm³/mol. The summed E-state index contributed by atoms with van der Waals surface area (Å²) >= 11 is 3.32. The summed E-state index contributed by atoms with van der Waals surface area (Å²) in [6.07, 6.45) is 7.85. The number of nitrogens with zero attached hydrogens (tertiary/aromatic N) is 2. The third-order valence-electron chi connectivity index (χ3n) is 1.44. The lowest BCUT2D eigenvalue weighted by molar-refractivity contribution is 0.752. The summed E-state index contributed by atoms with van der Waals surface area (Å²) in [6.45, 7) is 3.08. The van der Waals surface area contributed by atoms with Gasteiger partial charge in [-0.2, -0.15) is 0 Å². The molecule has 0 aliphatic rings. The average molecular weight is 215 g/mol. The van der Waals surface area contributed by atoms with Crippen LogP contribution in [0.1, 0.15) is 12.7 Å². The molecule has 1 rings (SSSR count). The molecular weight excluding hydrogens is 204 g/mol. The van der Waals surface area contributed by atoms with Crippen molar-refractivity contribution in [1.29, 1.82) is 0 Å². The molecular formula is C8H11BrN2. The molecule has 0 fully saturated rings. The number of halogens is 1. The Kier molecular flexibility index (Phi) is 3.36. The molecule has 0 radical (unpaired) electrons. The molecule has 0 spiro atoms. The summed E-state index contributed by atoms with van der Waals surface area (Å²) in [7, 11) is 0. The Balaban J connectivity index is 2.76. The second-order valence-electron chi connectivity index (χ2n) is 2.13. The van der Waals surface area contributed by atoms with Crippen LogP contribution in [0.5, 0.6) is 0 Å². The highest BCUT2D eigenvalue weighted by atomic mass is 79.9. The van der Waals surface area contributed by atoms with E-state index in [0.717, 1.165) is 17.7 Å². The Morgan fingerprint density at radius 1 is 1.73 bits per heavy atom. The van der Waals surface area contributed by atoms with Crippen LogP contribution in [0, 0.1) is 0 Å². The molecule has 0 amide bonds. The van der Waals surface area contributed by atoms with E-state index in [9.17, 15) is 0 Å². The number of aryl methyl sites for hydroxylation is 1. The van der Waals surface area contributed by atoms with Gasteiger partial charge >= 0.3 is 0 Å². The van der Waals surface area contributed by atoms with Gasteiger partial charge in [-0.3, -0.25) is 0 Å². The molecule has 3 heteroatoms. The van der Waals surface area contributed by atoms with E-state index < -0.39 is 0 Å². The summed E-state index contributed by atoms with van der Waals surface area (Å²) in [5.74, 6) is 1.02. The normalized spacial score (nSPS) is 11.1. The number of allylic oxidation sites excluding steroid dienone is 1. The first-order valence-electron chi connectivity index (χ1n) is 3.62. The third kappa shape index (κ3) is 2.19. The lowest BCUT2D eigenvalue weighted by Crippen LogP contribution is -1.94. The molecule has 0 saturated heterocycles. The molecule has 1 heterocycles. The zero-order valence-corrected chi connectivity index (χ0v) is 8.08. The molecule has 0 bridgehead atoms. The monoisotopic (exact) mass is 214 g/mol. The van der Waals surface area contributed by atoms with Crippen LogP contribution in [0.25, 0.3) is 6.08 Å². The minimum Gasteiger partial charge on any atom is -0.332 e. The van der Waals surface area contributed by atoms with Crippen LogP contribution in [0.3, 0.4) is 0 Å². The van der Waals surface area contributed by atoms with E-state index in [1.54, 1.807) is 0 Å². The van der Waals surface area contributed by atoms with Crippen molar-refractivity contribution in [3.63, 3.8) is 0 Å². The van der Waals surface area contributed by atoms with E-state index in [2.05, 4.69) is 32.4 Å². The standard InChI is InChI=1S/C8H11BrN2/c1-2-11-7-6-10-8(11)4-3-5-9/h3-4,6-7H,2,5H2,1H3/b4-3+. The van der Waals surface area contributed by atoms with Gasteiger partial charge in [0.15, 0.2) is 0 Å². The quantitative estimate of drug-likeness (QED) is 0.707. The lowest BCUT2D eigenvalue weighted by atomic mass is 10.5. The van der Waals surface area contributed by atoms with Crippen molar-refractivity contribution in [1.82, 2.24) is 9.55 Å². The molecule has 0 aliphatic heterocycles. The minimum absolute atomic E-state index is 0.879. The van der Waals surface area contributed by atoms with Gasteiger partial charge in [0.25, 0.3) is 0 Å². The Hall–Kier alpha value is -0.570. The molecule has 60 valence electrons. The molecule has 11 heavy (non-hydrogen) atoms. The Labute approximate surface area is 75.1 Å². The largest absolute Gasteiger partial charge is 0.332 e. The van der Waals surface area contributed by atoms with Crippen LogP contribution in [0.15, 0.2) is 18.5 Å². The Bertz CT molecular complexity index is 240. The SMILES string of the molecule is CCn1ccnc1/C=C/CBr. The summed E-state index contributed by atoms with van der Waals surface area (Å²) < 4.78 is 2.10. The van der Waals surface area contributed by atoms with Crippen molar-refractivity contribution in [2.75, 3.05) is 5.33 Å². The van der Waals surface area contributed by atoms with Crippen molar-refractivity contribution in [3.8, 4) is 0 Å². The summed E-state index contributed by atoms with van der Waals surface area (Å²) in [5.41, 5.74) is 0. The van der Waals surface area contributed by atoms with Crippen molar-refractivity contribution < 1.29 is 0 Å². The molecule has 0 N–H and O–H groups in total. The third-order valence-corrected chi connectivity index (χ3v) is 1.82. The second-order valence-corrected chi connectivity index (χ2v) is 2.78. The summed E-state index contributed by atoms with van der Waals surface area (Å²) in [4.78, 5) is 4.18. The van der Waals surface area contributed by atoms with E-state index in [1.165, 1.54) is 0 Å². The zero-order valence-electron chi connectivity index (χ0n) is 6.50. The highest BCUT2D eigenvalue weighted by Gasteiger charge is 1.93. The van der Waals surface area contributed by atoms with Crippen LogP contribution in [-0.2, 0) is 6.54 Å². The van der Waals surface area contributed by atoms with E-state index in [-0.39, 0.29) is 0 Å². The molecule has 0 unspecified atom stereocenters. The number of hydrogen-bond donors (Lipinski definition) is 0. The average Bonchev–Trinajstić information content (AvgIpc) is 2.47. The summed E-state index contributed by atoms with van der Waals surface area (Å²) in [6, 6.07) is 0. The molecule has 0 aliphatic carbocycles. The number of rotatable bonds is 3. The van der Waals surface area contributed by atoms with Crippen molar-refractivity contribution >= 4 is 22.0 Å². The second kappa shape index (κ2) is 4.34. The number of imidazole rings is 1. The zero-order chi connectivity index (χ0) is 8.10. The summed E-state index contributed by atoms with van der Waals surface area (Å²) in [5, 5.41) is 0.879. The molecule has 2 nitrogen and oxygen atoms in total. The molecule has 0 aromatic carbocycles. The first-order valence-corrected chi connectivity index (χ1v) is 4.74. The number of aromatic nitrogens is 2. The van der Waals surface area contributed by atoms with Crippen LogP contribution in [0.4, 0.5) is 0 Å². The predicted octanol–water partition coefficient (Wildman–Crippen LogP) is 2.31. The van der Waals surface area contributed by atoms with Gasteiger partial charge in [-0.25, -0.2) is 4.98 Å². The van der Waals surface area contributed by atoms with E-state index in [4.69, 9.17) is 0 Å². The lowest BCUT2D eigenvalue weighted by Gasteiger charge is -1.97. The van der Waals surface area contributed by atoms with Crippen molar-refractivity contribution in [2.45, 2.75) is 13.5 Å². The van der Waals surface area contributed by atoms with Crippen LogP contribution >= 0.6 is 15.9 Å². The first kappa shape index (κ1) is 8.53. The maximum atomic E-state index is 4.18. The Morgan fingerprint density at radius 3 is 3.18 bits per heavy atom. The van der Waals surface area contributed by atoms with Crippen molar-refractivity contribution in [2.24, 2.45) is 0 Å². The van der Waals surface area contributed by atoms with Crippen molar-refractivity contribution in [3.05, 3.63) is 24.3 Å². The van der Waals surface area contributed by atoms with Gasteiger partial charge < -0.3 is 4.57 Å².